The van der Waals surface area contributed by atoms with Crippen molar-refractivity contribution >= 4 is 33.7 Å². The van der Waals surface area contributed by atoms with Crippen LogP contribution in [0.15, 0.2) is 10.7 Å². The van der Waals surface area contributed by atoms with Gasteiger partial charge in [-0.05, 0) is 29.8 Å². The van der Waals surface area contributed by atoms with E-state index in [0.29, 0.717) is 16.8 Å². The first-order valence-corrected chi connectivity index (χ1v) is 5.83. The fraction of sp³-hybridized carbons (Fsp3) is 0.444. The van der Waals surface area contributed by atoms with Gasteiger partial charge in [-0.3, -0.25) is 14.8 Å². The van der Waals surface area contributed by atoms with Crippen molar-refractivity contribution in [2.24, 2.45) is 0 Å². The molecule has 4 N–H and O–H groups in total. The Bertz CT molecular complexity index is 412. The monoisotopic (exact) mass is 303 g/mol. The minimum absolute atomic E-state index is 0.294. The third kappa shape index (κ3) is 3.45. The Morgan fingerprint density at radius 2 is 2.29 bits per heavy atom. The zero-order valence-corrected chi connectivity index (χ0v) is 11.1. The summed E-state index contributed by atoms with van der Waals surface area (Å²) in [6, 6.07) is -1.14. The predicted octanol–water partition coefficient (Wildman–Crippen LogP) is 0.634. The molecule has 0 radical (unpaired) electrons. The van der Waals surface area contributed by atoms with Crippen LogP contribution in [0.25, 0.3) is 0 Å². The zero-order chi connectivity index (χ0) is 13.0. The highest BCUT2D eigenvalue weighted by atomic mass is 79.9. The maximum absolute atomic E-state index is 11.7. The molecule has 0 saturated heterocycles. The van der Waals surface area contributed by atoms with E-state index < -0.39 is 18.0 Å². The van der Waals surface area contributed by atoms with Crippen LogP contribution < -0.4 is 16.4 Å². The van der Waals surface area contributed by atoms with Gasteiger partial charge in [-0.25, -0.2) is 4.79 Å². The molecule has 0 aliphatic carbocycles. The molecule has 0 fully saturated rings. The summed E-state index contributed by atoms with van der Waals surface area (Å²) in [6.45, 7) is 3.83. The zero-order valence-electron chi connectivity index (χ0n) is 9.53. The van der Waals surface area contributed by atoms with Gasteiger partial charge >= 0.3 is 6.03 Å². The van der Waals surface area contributed by atoms with Gasteiger partial charge in [0.2, 0.25) is 0 Å². The maximum Gasteiger partial charge on any atom is 0.321 e. The van der Waals surface area contributed by atoms with Crippen molar-refractivity contribution in [3.63, 3.8) is 0 Å². The third-order valence-electron chi connectivity index (χ3n) is 2.06. The van der Waals surface area contributed by atoms with Crippen molar-refractivity contribution < 1.29 is 9.59 Å². The van der Waals surface area contributed by atoms with Gasteiger partial charge in [0.1, 0.15) is 6.04 Å². The number of hydrogen-bond donors (Lipinski definition) is 3. The van der Waals surface area contributed by atoms with E-state index in [1.165, 1.54) is 4.68 Å². The third-order valence-corrected chi connectivity index (χ3v) is 2.67. The van der Waals surface area contributed by atoms with Crippen LogP contribution in [-0.4, -0.2) is 28.3 Å². The number of carbonyl (C=O) groups excluding carboxylic acids is 2. The van der Waals surface area contributed by atoms with Gasteiger partial charge in [-0.2, -0.15) is 5.10 Å². The minimum Gasteiger partial charge on any atom is -0.381 e. The summed E-state index contributed by atoms with van der Waals surface area (Å²) >= 11 is 3.19. The number of nitrogen functional groups attached to an aromatic ring is 1. The molecule has 1 heterocycles. The average Bonchev–Trinajstić information content (AvgIpc) is 2.58. The number of carbonyl (C=O) groups is 2. The molecule has 0 bridgehead atoms. The molecule has 1 unspecified atom stereocenters. The molecule has 3 amide bonds. The van der Waals surface area contributed by atoms with Crippen molar-refractivity contribution in [3.8, 4) is 0 Å². The molecular weight excluding hydrogens is 290 g/mol. The van der Waals surface area contributed by atoms with Crippen molar-refractivity contribution in [2.45, 2.75) is 19.9 Å². The summed E-state index contributed by atoms with van der Waals surface area (Å²) < 4.78 is 1.99. The van der Waals surface area contributed by atoms with Crippen molar-refractivity contribution in [1.82, 2.24) is 20.4 Å². The Kier molecular flexibility index (Phi) is 4.50. The number of hydrogen-bond acceptors (Lipinski definition) is 4. The lowest BCUT2D eigenvalue weighted by atomic mass is 10.3. The van der Waals surface area contributed by atoms with Crippen LogP contribution in [0.4, 0.5) is 10.6 Å². The molecule has 0 aliphatic heterocycles. The summed E-state index contributed by atoms with van der Waals surface area (Å²) in [5.74, 6) is -0.159. The van der Waals surface area contributed by atoms with E-state index >= 15 is 0 Å². The molecule has 8 heteroatoms. The Balaban J connectivity index is 2.66. The number of nitrogens with two attached hydrogens (primary N) is 1. The molecule has 0 saturated carbocycles. The number of nitrogens with one attached hydrogen (secondary N) is 2. The average molecular weight is 304 g/mol. The normalized spacial score (nSPS) is 11.9. The molecule has 1 rings (SSSR count). The lowest BCUT2D eigenvalue weighted by Gasteiger charge is -2.11. The second-order valence-electron chi connectivity index (χ2n) is 3.37. The second-order valence-corrected chi connectivity index (χ2v) is 4.22. The number of amides is 3. The number of aromatic nitrogens is 2. The summed E-state index contributed by atoms with van der Waals surface area (Å²) in [5.41, 5.74) is 5.54. The maximum atomic E-state index is 11.7. The first-order chi connectivity index (χ1) is 7.95. The number of halogens is 1. The topological polar surface area (TPSA) is 102 Å². The van der Waals surface area contributed by atoms with Crippen LogP contribution in [-0.2, 0) is 4.79 Å². The number of anilines is 1. The van der Waals surface area contributed by atoms with Crippen LogP contribution in [0.1, 0.15) is 19.9 Å². The Labute approximate surface area is 107 Å². The lowest BCUT2D eigenvalue weighted by Crippen LogP contribution is -2.42. The molecule has 0 aromatic carbocycles. The van der Waals surface area contributed by atoms with Gasteiger partial charge in [0, 0.05) is 12.7 Å². The lowest BCUT2D eigenvalue weighted by molar-refractivity contribution is -0.123. The van der Waals surface area contributed by atoms with E-state index in [4.69, 9.17) is 5.73 Å². The summed E-state index contributed by atoms with van der Waals surface area (Å²) in [4.78, 5) is 22.8. The highest BCUT2D eigenvalue weighted by Crippen LogP contribution is 2.19. The van der Waals surface area contributed by atoms with Crippen LogP contribution in [0, 0.1) is 0 Å². The summed E-state index contributed by atoms with van der Waals surface area (Å²) in [7, 11) is 0. The highest BCUT2D eigenvalue weighted by molar-refractivity contribution is 9.10. The van der Waals surface area contributed by atoms with Gasteiger partial charge < -0.3 is 11.1 Å². The van der Waals surface area contributed by atoms with E-state index in [1.54, 1.807) is 20.0 Å². The molecule has 1 atom stereocenters. The molecule has 0 aliphatic rings. The van der Waals surface area contributed by atoms with Crippen LogP contribution in [0.2, 0.25) is 0 Å². The first kappa shape index (κ1) is 13.5. The van der Waals surface area contributed by atoms with Gasteiger partial charge in [0.05, 0.1) is 4.47 Å². The van der Waals surface area contributed by atoms with Gasteiger partial charge in [0.25, 0.3) is 5.91 Å². The fourth-order valence-electron chi connectivity index (χ4n) is 1.12. The summed E-state index contributed by atoms with van der Waals surface area (Å²) in [5, 5.41) is 8.61. The number of urea groups is 1. The predicted molar refractivity (Wildman–Crippen MR) is 66.3 cm³/mol. The van der Waals surface area contributed by atoms with E-state index in [0.717, 1.165) is 0 Å². The van der Waals surface area contributed by atoms with E-state index in [9.17, 15) is 9.59 Å². The molecule has 1 aromatic heterocycles. The SMILES string of the molecule is CCNC(=O)NC(=O)C(C)n1cc(Br)c(N)n1. The smallest absolute Gasteiger partial charge is 0.321 e. The van der Waals surface area contributed by atoms with E-state index in [-0.39, 0.29) is 0 Å². The number of imide groups is 1. The van der Waals surface area contributed by atoms with Crippen molar-refractivity contribution in [3.05, 3.63) is 10.7 Å². The minimum atomic E-state index is -0.619. The fourth-order valence-corrected chi connectivity index (χ4v) is 1.41. The van der Waals surface area contributed by atoms with Gasteiger partial charge in [-0.15, -0.1) is 0 Å². The van der Waals surface area contributed by atoms with Gasteiger partial charge in [-0.1, -0.05) is 0 Å². The van der Waals surface area contributed by atoms with Crippen LogP contribution in [0.5, 0.6) is 0 Å². The van der Waals surface area contributed by atoms with E-state index in [2.05, 4.69) is 31.7 Å². The Hall–Kier alpha value is -1.57. The largest absolute Gasteiger partial charge is 0.381 e. The van der Waals surface area contributed by atoms with Crippen LogP contribution in [0.3, 0.4) is 0 Å². The Morgan fingerprint density at radius 1 is 1.65 bits per heavy atom. The second kappa shape index (κ2) is 5.67. The quantitative estimate of drug-likeness (QED) is 0.762. The highest BCUT2D eigenvalue weighted by Gasteiger charge is 2.18. The van der Waals surface area contributed by atoms with Crippen LogP contribution >= 0.6 is 15.9 Å². The van der Waals surface area contributed by atoms with E-state index in [1.807, 2.05) is 0 Å². The van der Waals surface area contributed by atoms with Gasteiger partial charge in [0.15, 0.2) is 5.82 Å². The molecular formula is C9H14BrN5O2. The van der Waals surface area contributed by atoms with Crippen molar-refractivity contribution in [1.29, 1.82) is 0 Å². The summed E-state index contributed by atoms with van der Waals surface area (Å²) in [6.07, 6.45) is 1.58. The molecule has 1 aromatic rings. The molecule has 94 valence electrons. The first-order valence-electron chi connectivity index (χ1n) is 5.04. The number of nitrogens with zero attached hydrogens (tertiary/aromatic N) is 2. The molecule has 17 heavy (non-hydrogen) atoms. The molecule has 0 spiro atoms. The number of rotatable bonds is 3. The Morgan fingerprint density at radius 3 is 2.76 bits per heavy atom. The standard InChI is InChI=1S/C9H14BrN5O2/c1-3-12-9(17)13-8(16)5(2)15-4-6(10)7(11)14-15/h4-5H,3H2,1-2H3,(H2,11,14)(H2,12,13,16,17). The molecule has 7 nitrogen and oxygen atoms in total. The van der Waals surface area contributed by atoms with Crippen molar-refractivity contribution in [2.75, 3.05) is 12.3 Å².